The minimum absolute atomic E-state index is 0.0554. The van der Waals surface area contributed by atoms with Crippen molar-refractivity contribution in [2.45, 2.75) is 0 Å². The summed E-state index contributed by atoms with van der Waals surface area (Å²) in [6.07, 6.45) is 1.71. The van der Waals surface area contributed by atoms with Gasteiger partial charge in [0.25, 0.3) is 5.91 Å². The Morgan fingerprint density at radius 3 is 3.00 bits per heavy atom. The van der Waals surface area contributed by atoms with Gasteiger partial charge >= 0.3 is 0 Å². The second-order valence-corrected chi connectivity index (χ2v) is 3.80. The topological polar surface area (TPSA) is 42.3 Å². The van der Waals surface area contributed by atoms with E-state index in [0.29, 0.717) is 5.75 Å². The lowest BCUT2D eigenvalue weighted by Crippen LogP contribution is -1.88. The molecule has 0 bridgehead atoms. The molecule has 2 rings (SSSR count). The molecular formula is C6H4N2OS2. The molecule has 1 amide bonds. The Kier molecular flexibility index (Phi) is 1.75. The van der Waals surface area contributed by atoms with Crippen molar-refractivity contribution < 1.29 is 4.79 Å². The van der Waals surface area contributed by atoms with Crippen LogP contribution in [0.5, 0.6) is 0 Å². The smallest absolute Gasteiger partial charge is 0.257 e. The summed E-state index contributed by atoms with van der Waals surface area (Å²) in [5.41, 5.74) is 0. The molecule has 3 nitrogen and oxygen atoms in total. The fourth-order valence-corrected chi connectivity index (χ4v) is 2.25. The zero-order valence-electron chi connectivity index (χ0n) is 5.48. The Morgan fingerprint density at radius 1 is 1.55 bits per heavy atom. The van der Waals surface area contributed by atoms with Crippen molar-refractivity contribution in [2.75, 3.05) is 5.75 Å². The molecular weight excluding hydrogens is 180 g/mol. The highest BCUT2D eigenvalue weighted by Crippen LogP contribution is 2.20. The Bertz CT molecular complexity index is 304. The number of thioether (sulfide) groups is 1. The molecule has 0 aromatic carbocycles. The van der Waals surface area contributed by atoms with Crippen LogP contribution in [0.15, 0.2) is 16.6 Å². The largest absolute Gasteiger partial charge is 0.272 e. The quantitative estimate of drug-likeness (QED) is 0.657. The van der Waals surface area contributed by atoms with Crippen LogP contribution in [0.3, 0.4) is 0 Å². The number of hydrogen-bond acceptors (Lipinski definition) is 4. The highest BCUT2D eigenvalue weighted by molar-refractivity contribution is 8.15. The van der Waals surface area contributed by atoms with E-state index in [1.54, 1.807) is 6.20 Å². The standard InChI is InChI=1S/C6H4N2OS2/c9-4-3-11-6(8-4)5-7-1-2-10-5/h1-2H,3H2. The third-order valence-corrected chi connectivity index (χ3v) is 3.03. The van der Waals surface area contributed by atoms with Crippen LogP contribution in [0.1, 0.15) is 5.01 Å². The summed E-state index contributed by atoms with van der Waals surface area (Å²) in [6, 6.07) is 0. The lowest BCUT2D eigenvalue weighted by molar-refractivity contribution is -0.115. The minimum Gasteiger partial charge on any atom is -0.272 e. The molecule has 5 heteroatoms. The van der Waals surface area contributed by atoms with Crippen LogP contribution in [0, 0.1) is 0 Å². The molecule has 1 aliphatic heterocycles. The molecule has 0 aliphatic carbocycles. The van der Waals surface area contributed by atoms with Crippen molar-refractivity contribution in [3.8, 4) is 0 Å². The maximum atomic E-state index is 10.7. The summed E-state index contributed by atoms with van der Waals surface area (Å²) in [5.74, 6) is 0.412. The first-order valence-corrected chi connectivity index (χ1v) is 4.87. The minimum atomic E-state index is -0.0554. The SMILES string of the molecule is O=C1CSC(c2nccs2)=N1. The van der Waals surface area contributed by atoms with Crippen LogP contribution in [0.2, 0.25) is 0 Å². The number of nitrogens with zero attached hydrogens (tertiary/aromatic N) is 2. The Hall–Kier alpha value is -0.680. The average molecular weight is 184 g/mol. The van der Waals surface area contributed by atoms with E-state index in [-0.39, 0.29) is 5.91 Å². The third kappa shape index (κ3) is 1.34. The van der Waals surface area contributed by atoms with Gasteiger partial charge in [-0.05, 0) is 0 Å². The summed E-state index contributed by atoms with van der Waals surface area (Å²) in [5, 5.41) is 3.49. The van der Waals surface area contributed by atoms with Gasteiger partial charge in [-0.2, -0.15) is 0 Å². The lowest BCUT2D eigenvalue weighted by atomic mass is 10.7. The number of amides is 1. The van der Waals surface area contributed by atoms with E-state index >= 15 is 0 Å². The predicted molar refractivity (Wildman–Crippen MR) is 46.1 cm³/mol. The first-order valence-electron chi connectivity index (χ1n) is 3.00. The number of thiazole rings is 1. The van der Waals surface area contributed by atoms with Gasteiger partial charge in [0.05, 0.1) is 5.75 Å². The van der Waals surface area contributed by atoms with Crippen molar-refractivity contribution in [1.82, 2.24) is 4.98 Å². The molecule has 0 atom stereocenters. The van der Waals surface area contributed by atoms with Gasteiger partial charge in [0.1, 0.15) is 10.1 Å². The molecule has 0 radical (unpaired) electrons. The Morgan fingerprint density at radius 2 is 2.45 bits per heavy atom. The van der Waals surface area contributed by atoms with Gasteiger partial charge in [-0.15, -0.1) is 11.3 Å². The lowest BCUT2D eigenvalue weighted by Gasteiger charge is -1.87. The zero-order valence-corrected chi connectivity index (χ0v) is 7.11. The van der Waals surface area contributed by atoms with Gasteiger partial charge in [0.15, 0.2) is 0 Å². The van der Waals surface area contributed by atoms with E-state index in [9.17, 15) is 4.79 Å². The normalized spacial score (nSPS) is 17.1. The predicted octanol–water partition coefficient (Wildman–Crippen LogP) is 1.16. The van der Waals surface area contributed by atoms with Crippen molar-refractivity contribution in [2.24, 2.45) is 4.99 Å². The van der Waals surface area contributed by atoms with Crippen LogP contribution in [-0.4, -0.2) is 21.7 Å². The van der Waals surface area contributed by atoms with E-state index in [2.05, 4.69) is 9.98 Å². The van der Waals surface area contributed by atoms with Crippen LogP contribution in [-0.2, 0) is 4.79 Å². The second-order valence-electron chi connectivity index (χ2n) is 1.94. The molecule has 0 N–H and O–H groups in total. The Labute approximate surface area is 71.6 Å². The first kappa shape index (κ1) is 7.00. The molecule has 1 aliphatic rings. The fourth-order valence-electron chi connectivity index (χ4n) is 0.747. The maximum Gasteiger partial charge on any atom is 0.257 e. The van der Waals surface area contributed by atoms with E-state index in [1.165, 1.54) is 23.1 Å². The van der Waals surface area contributed by atoms with Gasteiger partial charge in [0.2, 0.25) is 0 Å². The highest BCUT2D eigenvalue weighted by Gasteiger charge is 2.17. The first-order chi connectivity index (χ1) is 5.36. The van der Waals surface area contributed by atoms with Crippen LogP contribution in [0.4, 0.5) is 0 Å². The molecule has 0 saturated carbocycles. The number of carbonyl (C=O) groups excluding carboxylic acids is 1. The van der Waals surface area contributed by atoms with Crippen LogP contribution in [0.25, 0.3) is 0 Å². The number of carbonyl (C=O) groups is 1. The van der Waals surface area contributed by atoms with Crippen molar-refractivity contribution in [3.05, 3.63) is 16.6 Å². The van der Waals surface area contributed by atoms with Crippen LogP contribution >= 0.6 is 23.1 Å². The molecule has 56 valence electrons. The number of aromatic nitrogens is 1. The fraction of sp³-hybridized carbons (Fsp3) is 0.167. The number of hydrogen-bond donors (Lipinski definition) is 0. The van der Waals surface area contributed by atoms with E-state index < -0.39 is 0 Å². The molecule has 2 heterocycles. The molecule has 0 spiro atoms. The van der Waals surface area contributed by atoms with Gasteiger partial charge in [-0.1, -0.05) is 11.8 Å². The zero-order chi connectivity index (χ0) is 7.68. The van der Waals surface area contributed by atoms with Crippen molar-refractivity contribution in [1.29, 1.82) is 0 Å². The Balaban J connectivity index is 2.31. The van der Waals surface area contributed by atoms with E-state index in [0.717, 1.165) is 10.1 Å². The molecule has 0 unspecified atom stereocenters. The average Bonchev–Trinajstić information content (AvgIpc) is 2.55. The molecule has 1 aromatic rings. The summed E-state index contributed by atoms with van der Waals surface area (Å²) >= 11 is 2.96. The van der Waals surface area contributed by atoms with Crippen molar-refractivity contribution in [3.63, 3.8) is 0 Å². The van der Waals surface area contributed by atoms with Gasteiger partial charge < -0.3 is 0 Å². The van der Waals surface area contributed by atoms with Crippen molar-refractivity contribution >= 4 is 34.0 Å². The van der Waals surface area contributed by atoms with Crippen LogP contribution < -0.4 is 0 Å². The monoisotopic (exact) mass is 184 g/mol. The summed E-state index contributed by atoms with van der Waals surface area (Å²) in [6.45, 7) is 0. The molecule has 0 fully saturated rings. The van der Waals surface area contributed by atoms with Gasteiger partial charge in [0, 0.05) is 11.6 Å². The van der Waals surface area contributed by atoms with E-state index in [1.807, 2.05) is 5.38 Å². The summed E-state index contributed by atoms with van der Waals surface area (Å²) in [7, 11) is 0. The van der Waals surface area contributed by atoms with E-state index in [4.69, 9.17) is 0 Å². The molecule has 0 saturated heterocycles. The second kappa shape index (κ2) is 2.75. The number of rotatable bonds is 1. The highest BCUT2D eigenvalue weighted by atomic mass is 32.2. The van der Waals surface area contributed by atoms with Gasteiger partial charge in [-0.3, -0.25) is 4.79 Å². The molecule has 11 heavy (non-hydrogen) atoms. The summed E-state index contributed by atoms with van der Waals surface area (Å²) in [4.78, 5) is 18.6. The maximum absolute atomic E-state index is 10.7. The third-order valence-electron chi connectivity index (χ3n) is 1.17. The molecule has 1 aromatic heterocycles. The number of aliphatic imine (C=N–C) groups is 1. The summed E-state index contributed by atoms with van der Waals surface area (Å²) < 4.78 is 0. The van der Waals surface area contributed by atoms with Gasteiger partial charge in [-0.25, -0.2) is 9.98 Å².